The summed E-state index contributed by atoms with van der Waals surface area (Å²) in [6.45, 7) is 0.399. The maximum atomic E-state index is 14.5. The van der Waals surface area contributed by atoms with Crippen LogP contribution in [0.1, 0.15) is 27.9 Å². The molecule has 0 saturated carbocycles. The second kappa shape index (κ2) is 7.66. The van der Waals surface area contributed by atoms with Gasteiger partial charge in [-0.05, 0) is 49.4 Å². The summed E-state index contributed by atoms with van der Waals surface area (Å²) in [6, 6.07) is 17.0. The highest BCUT2D eigenvalue weighted by molar-refractivity contribution is 7.90. The van der Waals surface area contributed by atoms with E-state index in [-0.39, 0.29) is 34.3 Å². The summed E-state index contributed by atoms with van der Waals surface area (Å²) in [5.74, 6) is -1.50. The number of para-hydroxylation sites is 1. The number of carbonyl (C=O) groups excluding carboxylic acids is 2. The third kappa shape index (κ3) is 3.05. The quantitative estimate of drug-likeness (QED) is 0.378. The molecule has 3 N–H and O–H groups in total. The lowest BCUT2D eigenvalue weighted by Gasteiger charge is -2.44. The van der Waals surface area contributed by atoms with Crippen LogP contribution in [-0.2, 0) is 25.6 Å². The van der Waals surface area contributed by atoms with Crippen LogP contribution in [0.15, 0.2) is 71.6 Å². The molecule has 8 nitrogen and oxygen atoms in total. The normalized spacial score (nSPS) is 23.9. The second-order valence-electron chi connectivity index (χ2n) is 9.12. The van der Waals surface area contributed by atoms with Gasteiger partial charge in [-0.2, -0.15) is 0 Å². The standard InChI is InChI=1S/C26H24N2O6S/c1-28-14-13-25(17-9-12-21(29)22(30)15-17,23(31)16-7-10-18(11-8-16)35(2,33)34)26(28)19-5-3-4-6-20(19)27-24(26)32/h3-12,15,29-30H,13-14H2,1-2H3,(H,27,32). The van der Waals surface area contributed by atoms with Gasteiger partial charge in [0.15, 0.2) is 27.1 Å². The number of phenols is 2. The third-order valence-electron chi connectivity index (χ3n) is 7.31. The summed E-state index contributed by atoms with van der Waals surface area (Å²) in [5.41, 5.74) is -1.06. The van der Waals surface area contributed by atoms with Gasteiger partial charge in [-0.15, -0.1) is 0 Å². The number of aromatic hydroxyl groups is 2. The summed E-state index contributed by atoms with van der Waals surface area (Å²) in [5, 5.41) is 23.3. The molecule has 180 valence electrons. The molecule has 1 spiro atoms. The first kappa shape index (κ1) is 23.1. The number of fused-ring (bicyclic) bond motifs is 2. The highest BCUT2D eigenvalue weighted by atomic mass is 32.2. The van der Waals surface area contributed by atoms with E-state index in [4.69, 9.17) is 0 Å². The molecule has 0 bridgehead atoms. The summed E-state index contributed by atoms with van der Waals surface area (Å²) >= 11 is 0. The number of ketones is 1. The van der Waals surface area contributed by atoms with Crippen LogP contribution in [-0.4, -0.2) is 55.1 Å². The first-order chi connectivity index (χ1) is 16.5. The number of carbonyl (C=O) groups is 2. The van der Waals surface area contributed by atoms with Crippen LogP contribution in [0.3, 0.4) is 0 Å². The molecule has 3 aromatic carbocycles. The summed E-state index contributed by atoms with van der Waals surface area (Å²) in [4.78, 5) is 30.2. The fourth-order valence-corrected chi connectivity index (χ4v) is 6.34. The average Bonchev–Trinajstić information content (AvgIpc) is 3.31. The van der Waals surface area contributed by atoms with Crippen LogP contribution in [0.2, 0.25) is 0 Å². The molecular weight excluding hydrogens is 468 g/mol. The number of likely N-dealkylation sites (N-methyl/N-ethyl adjacent to an activating group) is 1. The molecule has 1 saturated heterocycles. The molecule has 3 aromatic rings. The molecule has 35 heavy (non-hydrogen) atoms. The van der Waals surface area contributed by atoms with Crippen LogP contribution in [0, 0.1) is 0 Å². The van der Waals surface area contributed by atoms with Gasteiger partial charge in [-0.25, -0.2) is 8.42 Å². The van der Waals surface area contributed by atoms with E-state index in [1.807, 2.05) is 11.0 Å². The fraction of sp³-hybridized carbons (Fsp3) is 0.231. The highest BCUT2D eigenvalue weighted by Gasteiger charge is 2.70. The number of hydrogen-bond acceptors (Lipinski definition) is 7. The van der Waals surface area contributed by atoms with E-state index in [9.17, 15) is 28.2 Å². The molecule has 2 unspecified atom stereocenters. The van der Waals surface area contributed by atoms with E-state index in [2.05, 4.69) is 5.32 Å². The van der Waals surface area contributed by atoms with E-state index in [1.54, 1.807) is 31.3 Å². The van der Waals surface area contributed by atoms with Crippen LogP contribution in [0.25, 0.3) is 0 Å². The molecule has 5 rings (SSSR count). The molecule has 0 aliphatic carbocycles. The van der Waals surface area contributed by atoms with Crippen molar-refractivity contribution in [1.82, 2.24) is 4.90 Å². The van der Waals surface area contributed by atoms with Crippen LogP contribution in [0.4, 0.5) is 5.69 Å². The van der Waals surface area contributed by atoms with Gasteiger partial charge in [-0.1, -0.05) is 36.4 Å². The van der Waals surface area contributed by atoms with Crippen molar-refractivity contribution in [3.05, 3.63) is 83.4 Å². The van der Waals surface area contributed by atoms with E-state index < -0.39 is 26.5 Å². The molecule has 9 heteroatoms. The number of phenolic OH excluding ortho intramolecular Hbond substituents is 2. The minimum atomic E-state index is -3.47. The van der Waals surface area contributed by atoms with Crippen molar-refractivity contribution in [3.63, 3.8) is 0 Å². The van der Waals surface area contributed by atoms with Gasteiger partial charge < -0.3 is 15.5 Å². The number of anilines is 1. The molecule has 2 atom stereocenters. The lowest BCUT2D eigenvalue weighted by Crippen LogP contribution is -2.60. The Balaban J connectivity index is 1.82. The van der Waals surface area contributed by atoms with Crippen LogP contribution >= 0.6 is 0 Å². The summed E-state index contributed by atoms with van der Waals surface area (Å²) in [7, 11) is -1.68. The summed E-state index contributed by atoms with van der Waals surface area (Å²) < 4.78 is 23.9. The Hall–Kier alpha value is -3.69. The zero-order chi connectivity index (χ0) is 25.2. The SMILES string of the molecule is CN1CCC(C(=O)c2ccc(S(C)(=O)=O)cc2)(c2ccc(O)c(O)c2)C12C(=O)Nc1ccccc12. The van der Waals surface area contributed by atoms with Gasteiger partial charge in [0.25, 0.3) is 5.91 Å². The Morgan fingerprint density at radius 2 is 1.69 bits per heavy atom. The van der Waals surface area contributed by atoms with Crippen molar-refractivity contribution in [1.29, 1.82) is 0 Å². The molecule has 2 aliphatic heterocycles. The number of Topliss-reactive ketones (excluding diaryl/α,β-unsaturated/α-hetero) is 1. The maximum Gasteiger partial charge on any atom is 0.251 e. The fourth-order valence-electron chi connectivity index (χ4n) is 5.71. The Labute approximate surface area is 202 Å². The van der Waals surface area contributed by atoms with Crippen molar-refractivity contribution in [2.45, 2.75) is 22.3 Å². The monoisotopic (exact) mass is 492 g/mol. The first-order valence-corrected chi connectivity index (χ1v) is 12.9. The topological polar surface area (TPSA) is 124 Å². The van der Waals surface area contributed by atoms with E-state index in [0.717, 1.165) is 6.26 Å². The lowest BCUT2D eigenvalue weighted by molar-refractivity contribution is -0.127. The molecule has 2 heterocycles. The Morgan fingerprint density at radius 1 is 1.00 bits per heavy atom. The largest absolute Gasteiger partial charge is 0.504 e. The third-order valence-corrected chi connectivity index (χ3v) is 8.44. The molecule has 0 aromatic heterocycles. The number of nitrogens with one attached hydrogen (secondary N) is 1. The maximum absolute atomic E-state index is 14.5. The van der Waals surface area contributed by atoms with E-state index >= 15 is 0 Å². The molecule has 1 amide bonds. The van der Waals surface area contributed by atoms with Crippen molar-refractivity contribution in [3.8, 4) is 11.5 Å². The number of rotatable bonds is 4. The minimum absolute atomic E-state index is 0.0765. The van der Waals surface area contributed by atoms with Gasteiger partial charge >= 0.3 is 0 Å². The van der Waals surface area contributed by atoms with E-state index in [1.165, 1.54) is 36.4 Å². The van der Waals surface area contributed by atoms with Crippen LogP contribution < -0.4 is 5.32 Å². The van der Waals surface area contributed by atoms with Crippen molar-refractivity contribution in [2.75, 3.05) is 25.2 Å². The highest BCUT2D eigenvalue weighted by Crippen LogP contribution is 2.59. The van der Waals surface area contributed by atoms with Crippen molar-refractivity contribution >= 4 is 27.2 Å². The minimum Gasteiger partial charge on any atom is -0.504 e. The molecule has 1 fully saturated rings. The average molecular weight is 493 g/mol. The predicted molar refractivity (Wildman–Crippen MR) is 129 cm³/mol. The lowest BCUT2D eigenvalue weighted by atomic mass is 9.59. The van der Waals surface area contributed by atoms with E-state index in [0.29, 0.717) is 23.4 Å². The first-order valence-electron chi connectivity index (χ1n) is 11.0. The smallest absolute Gasteiger partial charge is 0.251 e. The van der Waals surface area contributed by atoms with Gasteiger partial charge in [0.05, 0.1) is 10.3 Å². The number of sulfone groups is 1. The van der Waals surface area contributed by atoms with Gasteiger partial charge in [-0.3, -0.25) is 14.5 Å². The zero-order valence-electron chi connectivity index (χ0n) is 19.1. The van der Waals surface area contributed by atoms with Crippen molar-refractivity contribution in [2.24, 2.45) is 0 Å². The van der Waals surface area contributed by atoms with Gasteiger partial charge in [0.2, 0.25) is 0 Å². The molecule has 0 radical (unpaired) electrons. The predicted octanol–water partition coefficient (Wildman–Crippen LogP) is 2.81. The zero-order valence-corrected chi connectivity index (χ0v) is 20.0. The Morgan fingerprint density at radius 3 is 2.34 bits per heavy atom. The number of benzene rings is 3. The van der Waals surface area contributed by atoms with Gasteiger partial charge in [0, 0.05) is 29.6 Å². The number of nitrogens with zero attached hydrogens (tertiary/aromatic N) is 1. The number of likely N-dealkylation sites (tertiary alicyclic amines) is 1. The summed E-state index contributed by atoms with van der Waals surface area (Å²) in [6.07, 6.45) is 1.34. The molecule has 2 aliphatic rings. The van der Waals surface area contributed by atoms with Crippen molar-refractivity contribution < 1.29 is 28.2 Å². The Kier molecular flexibility index (Phi) is 5.05. The van der Waals surface area contributed by atoms with Gasteiger partial charge in [0.1, 0.15) is 5.54 Å². The number of amides is 1. The molecular formula is C26H24N2O6S. The number of hydrogen-bond donors (Lipinski definition) is 3. The Bertz CT molecular complexity index is 1480. The second-order valence-corrected chi connectivity index (χ2v) is 11.1. The van der Waals surface area contributed by atoms with Crippen LogP contribution in [0.5, 0.6) is 11.5 Å².